The number of nitriles is 1. The van der Waals surface area contributed by atoms with E-state index in [0.717, 1.165) is 37.0 Å². The van der Waals surface area contributed by atoms with E-state index in [9.17, 15) is 10.4 Å². The number of rotatable bonds is 1. The highest BCUT2D eigenvalue weighted by Crippen LogP contribution is 2.68. The molecule has 4 aliphatic carbocycles. The molecule has 3 nitrogen and oxygen atoms in total. The Balaban J connectivity index is 1.64. The van der Waals surface area contributed by atoms with Crippen molar-refractivity contribution in [2.45, 2.75) is 83.8 Å². The van der Waals surface area contributed by atoms with Crippen molar-refractivity contribution in [1.29, 1.82) is 5.26 Å². The molecule has 0 aromatic heterocycles. The van der Waals surface area contributed by atoms with E-state index < -0.39 is 5.60 Å². The molecule has 0 amide bonds. The molecule has 0 aromatic carbocycles. The van der Waals surface area contributed by atoms with Crippen LogP contribution in [0, 0.1) is 45.8 Å². The van der Waals surface area contributed by atoms with Crippen LogP contribution in [0.4, 0.5) is 0 Å². The van der Waals surface area contributed by atoms with Gasteiger partial charge >= 0.3 is 0 Å². The quantitative estimate of drug-likeness (QED) is 0.682. The fourth-order valence-electron chi connectivity index (χ4n) is 7.94. The number of ether oxygens (including phenoxy) is 1. The third-order valence-electron chi connectivity index (χ3n) is 9.41. The molecule has 0 heterocycles. The van der Waals surface area contributed by atoms with Crippen molar-refractivity contribution in [1.82, 2.24) is 0 Å². The summed E-state index contributed by atoms with van der Waals surface area (Å²) in [5.74, 6) is 2.88. The summed E-state index contributed by atoms with van der Waals surface area (Å²) >= 11 is 0. The summed E-state index contributed by atoms with van der Waals surface area (Å²) < 4.78 is 5.76. The van der Waals surface area contributed by atoms with E-state index in [2.05, 4.69) is 19.9 Å². The van der Waals surface area contributed by atoms with Crippen LogP contribution >= 0.6 is 0 Å². The maximum atomic E-state index is 10.9. The molecule has 0 aromatic rings. The first-order valence-electron chi connectivity index (χ1n) is 10.6. The Hall–Kier alpha value is -0.850. The molecule has 144 valence electrons. The van der Waals surface area contributed by atoms with Crippen LogP contribution in [-0.4, -0.2) is 23.9 Å². The van der Waals surface area contributed by atoms with E-state index in [4.69, 9.17) is 4.74 Å². The maximum absolute atomic E-state index is 10.9. The van der Waals surface area contributed by atoms with Gasteiger partial charge in [0.05, 0.1) is 17.8 Å². The standard InChI is InChI=1S/C23H35NO2/c1-21-11-9-19-17(18(21)8-6-15(21)10-12-24)7-5-16-13-23(3,25)20(26-4)14-22(16,19)2/h10,16-20,25H,5-9,11,13-14H2,1-4H3. The molecule has 4 rings (SSSR count). The Morgan fingerprint density at radius 3 is 2.58 bits per heavy atom. The molecule has 1 N–H and O–H groups in total. The number of hydrogen-bond donors (Lipinski definition) is 1. The van der Waals surface area contributed by atoms with Gasteiger partial charge in [0.1, 0.15) is 0 Å². The molecule has 0 aliphatic heterocycles. The molecule has 4 fully saturated rings. The summed E-state index contributed by atoms with van der Waals surface area (Å²) in [6.45, 7) is 6.90. The van der Waals surface area contributed by atoms with E-state index in [-0.39, 0.29) is 16.9 Å². The normalized spacial score (nSPS) is 54.9. The number of fused-ring (bicyclic) bond motifs is 5. The van der Waals surface area contributed by atoms with Gasteiger partial charge in [-0.15, -0.1) is 0 Å². The number of methoxy groups -OCH3 is 1. The zero-order valence-electron chi connectivity index (χ0n) is 16.9. The molecule has 4 saturated carbocycles. The molecule has 8 unspecified atom stereocenters. The maximum Gasteiger partial charge on any atom is 0.0911 e. The largest absolute Gasteiger partial charge is 0.387 e. The van der Waals surface area contributed by atoms with Gasteiger partial charge in [-0.2, -0.15) is 5.26 Å². The predicted octanol–water partition coefficient (Wildman–Crippen LogP) is 4.85. The van der Waals surface area contributed by atoms with Crippen LogP contribution in [0.3, 0.4) is 0 Å². The third-order valence-corrected chi connectivity index (χ3v) is 9.41. The second-order valence-electron chi connectivity index (χ2n) is 10.4. The summed E-state index contributed by atoms with van der Waals surface area (Å²) in [6, 6.07) is 2.31. The van der Waals surface area contributed by atoms with Crippen LogP contribution in [0.2, 0.25) is 0 Å². The lowest BCUT2D eigenvalue weighted by molar-refractivity contribution is -0.195. The Bertz CT molecular complexity index is 647. The Kier molecular flexibility index (Phi) is 4.33. The van der Waals surface area contributed by atoms with Gasteiger partial charge in [-0.1, -0.05) is 19.4 Å². The van der Waals surface area contributed by atoms with Gasteiger partial charge in [0.2, 0.25) is 0 Å². The summed E-state index contributed by atoms with van der Waals surface area (Å²) in [5.41, 5.74) is 1.26. The fraction of sp³-hybridized carbons (Fsp3) is 0.870. The lowest BCUT2D eigenvalue weighted by Crippen LogP contribution is -2.59. The van der Waals surface area contributed by atoms with Crippen LogP contribution in [0.25, 0.3) is 0 Å². The van der Waals surface area contributed by atoms with E-state index in [0.29, 0.717) is 5.92 Å². The molecule has 8 atom stereocenters. The van der Waals surface area contributed by atoms with Gasteiger partial charge < -0.3 is 9.84 Å². The number of allylic oxidation sites excluding steroid dienone is 2. The van der Waals surface area contributed by atoms with E-state index in [1.54, 1.807) is 7.11 Å². The zero-order chi connectivity index (χ0) is 18.7. The summed E-state index contributed by atoms with van der Waals surface area (Å²) in [4.78, 5) is 0. The van der Waals surface area contributed by atoms with Crippen molar-refractivity contribution < 1.29 is 9.84 Å². The summed E-state index contributed by atoms with van der Waals surface area (Å²) in [7, 11) is 1.76. The van der Waals surface area contributed by atoms with E-state index in [1.807, 2.05) is 13.0 Å². The van der Waals surface area contributed by atoms with Gasteiger partial charge in [0, 0.05) is 13.2 Å². The van der Waals surface area contributed by atoms with E-state index >= 15 is 0 Å². The Morgan fingerprint density at radius 2 is 1.88 bits per heavy atom. The smallest absolute Gasteiger partial charge is 0.0911 e. The van der Waals surface area contributed by atoms with Crippen LogP contribution in [-0.2, 0) is 4.74 Å². The van der Waals surface area contributed by atoms with Crippen LogP contribution in [0.1, 0.15) is 72.1 Å². The van der Waals surface area contributed by atoms with Gasteiger partial charge in [-0.3, -0.25) is 0 Å². The monoisotopic (exact) mass is 357 g/mol. The molecule has 0 bridgehead atoms. The first-order valence-corrected chi connectivity index (χ1v) is 10.6. The average molecular weight is 358 g/mol. The minimum atomic E-state index is -0.689. The van der Waals surface area contributed by atoms with Gasteiger partial charge in [-0.05, 0) is 92.8 Å². The Labute approximate surface area is 158 Å². The molecular formula is C23H35NO2. The molecule has 4 aliphatic rings. The molecule has 3 heteroatoms. The lowest BCUT2D eigenvalue weighted by atomic mass is 9.44. The van der Waals surface area contributed by atoms with Crippen LogP contribution in [0.15, 0.2) is 11.6 Å². The average Bonchev–Trinajstić information content (AvgIpc) is 2.92. The third kappa shape index (κ3) is 2.45. The van der Waals surface area contributed by atoms with Crippen molar-refractivity contribution in [3.8, 4) is 6.07 Å². The van der Waals surface area contributed by atoms with Crippen LogP contribution in [0.5, 0.6) is 0 Å². The SMILES string of the molecule is COC1CC2(C)C(CCC3C4CCC(=CC#N)C4(C)CCC32)CC1(C)O. The Morgan fingerprint density at radius 1 is 1.12 bits per heavy atom. The first kappa shape index (κ1) is 18.5. The topological polar surface area (TPSA) is 53.2 Å². The number of aliphatic hydroxyl groups is 1. The summed E-state index contributed by atoms with van der Waals surface area (Å²) in [5, 5.41) is 20.1. The molecule has 0 spiro atoms. The van der Waals surface area contributed by atoms with Gasteiger partial charge in [0.15, 0.2) is 0 Å². The second kappa shape index (κ2) is 6.08. The molecule has 0 radical (unpaired) electrons. The molecular weight excluding hydrogens is 322 g/mol. The second-order valence-corrected chi connectivity index (χ2v) is 10.4. The highest BCUT2D eigenvalue weighted by molar-refractivity contribution is 5.28. The highest BCUT2D eigenvalue weighted by atomic mass is 16.5. The lowest BCUT2D eigenvalue weighted by Gasteiger charge is -2.62. The number of hydrogen-bond acceptors (Lipinski definition) is 3. The minimum absolute atomic E-state index is 0.0477. The molecule has 0 saturated heterocycles. The van der Waals surface area contributed by atoms with Crippen molar-refractivity contribution >= 4 is 0 Å². The molecule has 26 heavy (non-hydrogen) atoms. The predicted molar refractivity (Wildman–Crippen MR) is 102 cm³/mol. The van der Waals surface area contributed by atoms with E-state index in [1.165, 1.54) is 37.7 Å². The minimum Gasteiger partial charge on any atom is -0.387 e. The first-order chi connectivity index (χ1) is 12.3. The highest BCUT2D eigenvalue weighted by Gasteiger charge is 2.61. The van der Waals surface area contributed by atoms with Crippen molar-refractivity contribution in [2.24, 2.45) is 34.5 Å². The van der Waals surface area contributed by atoms with Crippen molar-refractivity contribution in [3.05, 3.63) is 11.6 Å². The zero-order valence-corrected chi connectivity index (χ0v) is 16.9. The van der Waals surface area contributed by atoms with Crippen LogP contribution < -0.4 is 0 Å². The van der Waals surface area contributed by atoms with Gasteiger partial charge in [0.25, 0.3) is 0 Å². The van der Waals surface area contributed by atoms with Crippen molar-refractivity contribution in [2.75, 3.05) is 7.11 Å². The van der Waals surface area contributed by atoms with Crippen molar-refractivity contribution in [3.63, 3.8) is 0 Å². The summed E-state index contributed by atoms with van der Waals surface area (Å²) in [6.07, 6.45) is 11.1. The fourth-order valence-corrected chi connectivity index (χ4v) is 7.94. The van der Waals surface area contributed by atoms with Gasteiger partial charge in [-0.25, -0.2) is 0 Å². The number of nitrogens with zero attached hydrogens (tertiary/aromatic N) is 1.